The normalized spacial score (nSPS) is 11.8. The lowest BCUT2D eigenvalue weighted by atomic mass is 10.2. The summed E-state index contributed by atoms with van der Waals surface area (Å²) in [6, 6.07) is 4.89. The third-order valence-electron chi connectivity index (χ3n) is 4.77. The predicted octanol–water partition coefficient (Wildman–Crippen LogP) is 4.18. The molecule has 0 saturated heterocycles. The summed E-state index contributed by atoms with van der Waals surface area (Å²) in [7, 11) is 0. The molecule has 0 radical (unpaired) electrons. The van der Waals surface area contributed by atoms with E-state index in [-0.39, 0.29) is 11.5 Å². The molecule has 0 aliphatic heterocycles. The van der Waals surface area contributed by atoms with Gasteiger partial charge in [-0.2, -0.15) is 0 Å². The molecule has 0 fully saturated rings. The molecule has 1 amide bonds. The van der Waals surface area contributed by atoms with Gasteiger partial charge in [-0.05, 0) is 39.1 Å². The van der Waals surface area contributed by atoms with Gasteiger partial charge in [0.05, 0.1) is 16.9 Å². The van der Waals surface area contributed by atoms with Crippen molar-refractivity contribution < 1.29 is 4.79 Å². The summed E-state index contributed by atoms with van der Waals surface area (Å²) in [6.07, 6.45) is 0. The summed E-state index contributed by atoms with van der Waals surface area (Å²) in [6.45, 7) is 10.1. The van der Waals surface area contributed by atoms with Crippen LogP contribution in [0.2, 0.25) is 0 Å². The van der Waals surface area contributed by atoms with E-state index < -0.39 is 0 Å². The Balaban J connectivity index is 1.51. The second kappa shape index (κ2) is 10.6. The third kappa shape index (κ3) is 5.72. The highest BCUT2D eigenvalue weighted by Gasteiger charge is 2.15. The number of carbonyl (C=O) groups excluding carboxylic acids is 1. The number of aromatic nitrogens is 2. The zero-order valence-electron chi connectivity index (χ0n) is 17.7. The maximum atomic E-state index is 12.6. The number of rotatable bonds is 10. The number of thioether (sulfide) groups is 1. The molecule has 30 heavy (non-hydrogen) atoms. The van der Waals surface area contributed by atoms with Crippen LogP contribution >= 0.6 is 34.4 Å². The molecule has 0 unspecified atom stereocenters. The first-order valence-electron chi connectivity index (χ1n) is 10.0. The van der Waals surface area contributed by atoms with Crippen LogP contribution in [0, 0.1) is 0 Å². The molecule has 2 N–H and O–H groups in total. The Hall–Kier alpha value is -1.68. The maximum Gasteiger partial charge on any atom is 0.260 e. The number of carbonyl (C=O) groups is 1. The highest BCUT2D eigenvalue weighted by atomic mass is 32.2. The summed E-state index contributed by atoms with van der Waals surface area (Å²) in [5.41, 5.74) is 0.821. The molecule has 0 spiro atoms. The number of aromatic amines is 1. The Morgan fingerprint density at radius 1 is 1.27 bits per heavy atom. The minimum absolute atomic E-state index is 0.00647. The van der Waals surface area contributed by atoms with Gasteiger partial charge in [-0.3, -0.25) is 14.5 Å². The van der Waals surface area contributed by atoms with Gasteiger partial charge in [0.2, 0.25) is 5.91 Å². The molecule has 9 heteroatoms. The van der Waals surface area contributed by atoms with E-state index in [1.165, 1.54) is 23.1 Å². The Morgan fingerprint density at radius 3 is 2.70 bits per heavy atom. The SMILES string of the molecule is CC(C)N(CCNC(=O)CSCc1nc2scc(-c3cccs3)c2c(=O)[nH]1)C(C)C. The number of amides is 1. The molecule has 0 aliphatic carbocycles. The standard InChI is InChI=1S/C21H28N4O2S3/c1-13(2)25(14(3)4)8-7-22-18(26)12-28-11-17-23-20(27)19-15(10-30-21(19)24-17)16-6-5-9-29-16/h5-6,9-10,13-14H,7-8,11-12H2,1-4H3,(H,22,26)(H,23,24,27). The van der Waals surface area contributed by atoms with Crippen molar-refractivity contribution in [1.29, 1.82) is 0 Å². The second-order valence-corrected chi connectivity index (χ2v) is 10.4. The lowest BCUT2D eigenvalue weighted by Gasteiger charge is -2.30. The van der Waals surface area contributed by atoms with E-state index in [0.29, 0.717) is 41.3 Å². The minimum atomic E-state index is -0.118. The van der Waals surface area contributed by atoms with E-state index in [4.69, 9.17) is 0 Å². The smallest absolute Gasteiger partial charge is 0.260 e. The molecule has 0 aromatic carbocycles. The number of H-pyrrole nitrogens is 1. The molecular weight excluding hydrogens is 436 g/mol. The fourth-order valence-corrected chi connectivity index (χ4v) is 5.90. The van der Waals surface area contributed by atoms with E-state index in [1.54, 1.807) is 11.3 Å². The molecule has 3 rings (SSSR count). The van der Waals surface area contributed by atoms with Crippen LogP contribution in [0.3, 0.4) is 0 Å². The summed E-state index contributed by atoms with van der Waals surface area (Å²) < 4.78 is 0. The van der Waals surface area contributed by atoms with Crippen molar-refractivity contribution >= 4 is 50.6 Å². The quantitative estimate of drug-likeness (QED) is 0.471. The first kappa shape index (κ1) is 23.0. The van der Waals surface area contributed by atoms with Crippen molar-refractivity contribution in [3.8, 4) is 10.4 Å². The number of nitrogens with one attached hydrogen (secondary N) is 2. The first-order valence-corrected chi connectivity index (χ1v) is 12.9. The lowest BCUT2D eigenvalue weighted by Crippen LogP contribution is -2.42. The van der Waals surface area contributed by atoms with Gasteiger partial charge in [-0.15, -0.1) is 34.4 Å². The van der Waals surface area contributed by atoms with E-state index in [2.05, 4.69) is 47.9 Å². The van der Waals surface area contributed by atoms with Crippen molar-refractivity contribution in [3.63, 3.8) is 0 Å². The number of hydrogen-bond donors (Lipinski definition) is 2. The molecule has 0 aliphatic rings. The Labute approximate surface area is 189 Å². The fourth-order valence-electron chi connectivity index (χ4n) is 3.40. The van der Waals surface area contributed by atoms with Gasteiger partial charge in [-0.1, -0.05) is 6.07 Å². The van der Waals surface area contributed by atoms with Gasteiger partial charge in [0.15, 0.2) is 0 Å². The molecule has 3 heterocycles. The summed E-state index contributed by atoms with van der Waals surface area (Å²) >= 11 is 4.55. The highest BCUT2D eigenvalue weighted by molar-refractivity contribution is 7.99. The summed E-state index contributed by atoms with van der Waals surface area (Å²) in [5.74, 6) is 1.45. The van der Waals surface area contributed by atoms with Gasteiger partial charge >= 0.3 is 0 Å². The molecule has 6 nitrogen and oxygen atoms in total. The first-order chi connectivity index (χ1) is 14.4. The Kier molecular flexibility index (Phi) is 8.10. The van der Waals surface area contributed by atoms with Crippen LogP contribution in [0.5, 0.6) is 0 Å². The molecule has 0 bridgehead atoms. The molecular formula is C21H28N4O2S3. The largest absolute Gasteiger partial charge is 0.354 e. The highest BCUT2D eigenvalue weighted by Crippen LogP contribution is 2.33. The van der Waals surface area contributed by atoms with Crippen molar-refractivity contribution in [3.05, 3.63) is 39.1 Å². The molecule has 162 valence electrons. The average Bonchev–Trinajstić information content (AvgIpc) is 3.34. The monoisotopic (exact) mass is 464 g/mol. The van der Waals surface area contributed by atoms with Gasteiger partial charge < -0.3 is 10.3 Å². The van der Waals surface area contributed by atoms with Gasteiger partial charge in [0, 0.05) is 41.0 Å². The zero-order chi connectivity index (χ0) is 21.7. The van der Waals surface area contributed by atoms with E-state index >= 15 is 0 Å². The lowest BCUT2D eigenvalue weighted by molar-refractivity contribution is -0.118. The van der Waals surface area contributed by atoms with Gasteiger partial charge in [0.1, 0.15) is 10.7 Å². The van der Waals surface area contributed by atoms with Crippen molar-refractivity contribution in [2.45, 2.75) is 45.5 Å². The number of nitrogens with zero attached hydrogens (tertiary/aromatic N) is 2. The Morgan fingerprint density at radius 2 is 2.03 bits per heavy atom. The van der Waals surface area contributed by atoms with Gasteiger partial charge in [0.25, 0.3) is 5.56 Å². The summed E-state index contributed by atoms with van der Waals surface area (Å²) in [5, 5.41) is 7.61. The van der Waals surface area contributed by atoms with E-state index in [1.807, 2.05) is 22.9 Å². The molecule has 0 saturated carbocycles. The van der Waals surface area contributed by atoms with Crippen molar-refractivity contribution in [2.24, 2.45) is 0 Å². The van der Waals surface area contributed by atoms with E-state index in [9.17, 15) is 9.59 Å². The number of hydrogen-bond acceptors (Lipinski definition) is 7. The predicted molar refractivity (Wildman–Crippen MR) is 130 cm³/mol. The zero-order valence-corrected chi connectivity index (χ0v) is 20.2. The van der Waals surface area contributed by atoms with Crippen LogP contribution < -0.4 is 10.9 Å². The summed E-state index contributed by atoms with van der Waals surface area (Å²) in [4.78, 5) is 36.4. The van der Waals surface area contributed by atoms with E-state index in [0.717, 1.165) is 21.8 Å². The van der Waals surface area contributed by atoms with Crippen molar-refractivity contribution in [1.82, 2.24) is 20.2 Å². The molecule has 0 atom stereocenters. The van der Waals surface area contributed by atoms with Crippen LogP contribution in [0.4, 0.5) is 0 Å². The fraction of sp³-hybridized carbons (Fsp3) is 0.476. The number of fused-ring (bicyclic) bond motifs is 1. The third-order valence-corrected chi connectivity index (χ3v) is 7.49. The van der Waals surface area contributed by atoms with Crippen LogP contribution in [0.25, 0.3) is 20.7 Å². The van der Waals surface area contributed by atoms with Crippen LogP contribution in [0.15, 0.2) is 27.7 Å². The molecule has 3 aromatic heterocycles. The van der Waals surface area contributed by atoms with Crippen LogP contribution in [-0.4, -0.2) is 51.7 Å². The average molecular weight is 465 g/mol. The Bertz CT molecular complexity index is 1020. The van der Waals surface area contributed by atoms with Gasteiger partial charge in [-0.25, -0.2) is 4.98 Å². The van der Waals surface area contributed by atoms with Crippen LogP contribution in [0.1, 0.15) is 33.5 Å². The van der Waals surface area contributed by atoms with Crippen molar-refractivity contribution in [2.75, 3.05) is 18.8 Å². The van der Waals surface area contributed by atoms with Crippen LogP contribution in [-0.2, 0) is 10.5 Å². The topological polar surface area (TPSA) is 78.1 Å². The maximum absolute atomic E-state index is 12.6. The minimum Gasteiger partial charge on any atom is -0.354 e. The number of thiophene rings is 2. The second-order valence-electron chi connectivity index (χ2n) is 7.59. The molecule has 3 aromatic rings.